The maximum Gasteiger partial charge on any atom is 0.126 e. The average molecular weight is 278 g/mol. The highest BCUT2D eigenvalue weighted by molar-refractivity contribution is 9.10. The highest BCUT2D eigenvalue weighted by Crippen LogP contribution is 2.16. The molecule has 0 aliphatic carbocycles. The summed E-state index contributed by atoms with van der Waals surface area (Å²) in [6.45, 7) is 2.71. The molecule has 0 spiro atoms. The molecule has 0 bridgehead atoms. The van der Waals surface area contributed by atoms with E-state index in [1.807, 2.05) is 37.4 Å². The van der Waals surface area contributed by atoms with Crippen molar-refractivity contribution in [2.24, 2.45) is 0 Å². The summed E-state index contributed by atoms with van der Waals surface area (Å²) in [4.78, 5) is 8.47. The van der Waals surface area contributed by atoms with Crippen LogP contribution in [0.5, 0.6) is 0 Å². The molecule has 0 unspecified atom stereocenters. The summed E-state index contributed by atoms with van der Waals surface area (Å²) < 4.78 is 1.03. The molecular weight excluding hydrogens is 266 g/mol. The van der Waals surface area contributed by atoms with E-state index in [-0.39, 0.29) is 0 Å². The van der Waals surface area contributed by atoms with Gasteiger partial charge in [0.15, 0.2) is 0 Å². The molecular formula is C12H12BrN3. The summed E-state index contributed by atoms with van der Waals surface area (Å²) in [6, 6.07) is 7.91. The summed E-state index contributed by atoms with van der Waals surface area (Å²) in [5, 5.41) is 3.26. The number of anilines is 1. The molecule has 0 atom stereocenters. The number of hydrogen-bond acceptors (Lipinski definition) is 3. The lowest BCUT2D eigenvalue weighted by Crippen LogP contribution is -2.02. The number of hydrogen-bond donors (Lipinski definition) is 1. The lowest BCUT2D eigenvalue weighted by molar-refractivity contribution is 1.07. The van der Waals surface area contributed by atoms with Gasteiger partial charge in [-0.15, -0.1) is 0 Å². The van der Waals surface area contributed by atoms with Gasteiger partial charge in [-0.2, -0.15) is 0 Å². The zero-order valence-corrected chi connectivity index (χ0v) is 10.5. The van der Waals surface area contributed by atoms with Crippen LogP contribution in [0.2, 0.25) is 0 Å². The maximum atomic E-state index is 4.41. The number of pyridine rings is 2. The average Bonchev–Trinajstić information content (AvgIpc) is 2.32. The monoisotopic (exact) mass is 277 g/mol. The van der Waals surface area contributed by atoms with Gasteiger partial charge in [-0.1, -0.05) is 6.07 Å². The first-order valence-electron chi connectivity index (χ1n) is 5.01. The van der Waals surface area contributed by atoms with Crippen LogP contribution in [0, 0.1) is 6.92 Å². The number of nitrogens with zero attached hydrogens (tertiary/aromatic N) is 2. The molecule has 0 saturated heterocycles. The molecule has 4 heteroatoms. The molecule has 2 aromatic rings. The Bertz CT molecular complexity index is 471. The minimum atomic E-state index is 0.738. The standard InChI is InChI=1S/C12H12BrN3/c1-9-11(13)4-5-12(16-9)15-8-10-3-2-6-14-7-10/h2-7H,8H2,1H3,(H,15,16). The molecule has 2 heterocycles. The fourth-order valence-electron chi connectivity index (χ4n) is 1.34. The quantitative estimate of drug-likeness (QED) is 0.937. The Morgan fingerprint density at radius 2 is 2.19 bits per heavy atom. The second-order valence-corrected chi connectivity index (χ2v) is 4.33. The molecule has 0 amide bonds. The highest BCUT2D eigenvalue weighted by Gasteiger charge is 1.98. The van der Waals surface area contributed by atoms with E-state index in [0.29, 0.717) is 0 Å². The van der Waals surface area contributed by atoms with Crippen molar-refractivity contribution >= 4 is 21.7 Å². The van der Waals surface area contributed by atoms with E-state index in [1.165, 1.54) is 0 Å². The van der Waals surface area contributed by atoms with Gasteiger partial charge in [0.25, 0.3) is 0 Å². The van der Waals surface area contributed by atoms with E-state index in [9.17, 15) is 0 Å². The third-order valence-electron chi connectivity index (χ3n) is 2.22. The lowest BCUT2D eigenvalue weighted by atomic mass is 10.3. The van der Waals surface area contributed by atoms with Crippen LogP contribution < -0.4 is 5.32 Å². The second-order valence-electron chi connectivity index (χ2n) is 3.48. The van der Waals surface area contributed by atoms with Crippen molar-refractivity contribution in [3.8, 4) is 0 Å². The predicted molar refractivity (Wildman–Crippen MR) is 68.2 cm³/mol. The van der Waals surface area contributed by atoms with Gasteiger partial charge < -0.3 is 5.32 Å². The number of aryl methyl sites for hydroxylation is 1. The van der Waals surface area contributed by atoms with Crippen molar-refractivity contribution in [1.82, 2.24) is 9.97 Å². The Hall–Kier alpha value is -1.42. The van der Waals surface area contributed by atoms with E-state index < -0.39 is 0 Å². The van der Waals surface area contributed by atoms with Crippen LogP contribution in [0.15, 0.2) is 41.1 Å². The maximum absolute atomic E-state index is 4.41. The summed E-state index contributed by atoms with van der Waals surface area (Å²) in [5.41, 5.74) is 2.13. The summed E-state index contributed by atoms with van der Waals surface area (Å²) in [6.07, 6.45) is 3.62. The van der Waals surface area contributed by atoms with Gasteiger partial charge >= 0.3 is 0 Å². The molecule has 82 valence electrons. The Kier molecular flexibility index (Phi) is 3.51. The first kappa shape index (κ1) is 11.1. The van der Waals surface area contributed by atoms with Crippen LogP contribution in [-0.4, -0.2) is 9.97 Å². The molecule has 2 aromatic heterocycles. The largest absolute Gasteiger partial charge is 0.366 e. The number of nitrogens with one attached hydrogen (secondary N) is 1. The van der Waals surface area contributed by atoms with Gasteiger partial charge in [0.1, 0.15) is 5.82 Å². The number of aromatic nitrogens is 2. The van der Waals surface area contributed by atoms with Crippen LogP contribution >= 0.6 is 15.9 Å². The Morgan fingerprint density at radius 3 is 2.88 bits per heavy atom. The molecule has 0 fully saturated rings. The number of rotatable bonds is 3. The van der Waals surface area contributed by atoms with Crippen LogP contribution in [0.4, 0.5) is 5.82 Å². The molecule has 2 rings (SSSR count). The summed E-state index contributed by atoms with van der Waals surface area (Å²) >= 11 is 3.43. The Balaban J connectivity index is 2.03. The second kappa shape index (κ2) is 5.07. The van der Waals surface area contributed by atoms with E-state index in [1.54, 1.807) is 6.20 Å². The summed E-state index contributed by atoms with van der Waals surface area (Å²) in [5.74, 6) is 0.879. The van der Waals surface area contributed by atoms with Gasteiger partial charge in [0.05, 0.1) is 5.69 Å². The normalized spacial score (nSPS) is 10.1. The van der Waals surface area contributed by atoms with Crippen LogP contribution in [0.25, 0.3) is 0 Å². The van der Waals surface area contributed by atoms with Crippen molar-refractivity contribution in [2.45, 2.75) is 13.5 Å². The topological polar surface area (TPSA) is 37.8 Å². The van der Waals surface area contributed by atoms with E-state index >= 15 is 0 Å². The zero-order chi connectivity index (χ0) is 11.4. The van der Waals surface area contributed by atoms with E-state index in [2.05, 4.69) is 31.2 Å². The molecule has 0 radical (unpaired) electrons. The van der Waals surface area contributed by atoms with Crippen molar-refractivity contribution in [3.05, 3.63) is 52.4 Å². The summed E-state index contributed by atoms with van der Waals surface area (Å²) in [7, 11) is 0. The van der Waals surface area contributed by atoms with Gasteiger partial charge in [-0.25, -0.2) is 4.98 Å². The minimum absolute atomic E-state index is 0.738. The fraction of sp³-hybridized carbons (Fsp3) is 0.167. The molecule has 16 heavy (non-hydrogen) atoms. The van der Waals surface area contributed by atoms with Crippen molar-refractivity contribution in [1.29, 1.82) is 0 Å². The molecule has 3 nitrogen and oxygen atoms in total. The van der Waals surface area contributed by atoms with E-state index in [0.717, 1.165) is 28.1 Å². The third kappa shape index (κ3) is 2.79. The molecule has 0 saturated carbocycles. The van der Waals surface area contributed by atoms with Crippen molar-refractivity contribution < 1.29 is 0 Å². The molecule has 0 aliphatic rings. The van der Waals surface area contributed by atoms with Gasteiger partial charge in [0.2, 0.25) is 0 Å². The fourth-order valence-corrected chi connectivity index (χ4v) is 1.56. The van der Waals surface area contributed by atoms with Crippen molar-refractivity contribution in [3.63, 3.8) is 0 Å². The number of halogens is 1. The first-order chi connectivity index (χ1) is 7.75. The van der Waals surface area contributed by atoms with Gasteiger partial charge in [-0.05, 0) is 46.6 Å². The predicted octanol–water partition coefficient (Wildman–Crippen LogP) is 3.16. The zero-order valence-electron chi connectivity index (χ0n) is 8.94. The highest BCUT2D eigenvalue weighted by atomic mass is 79.9. The van der Waals surface area contributed by atoms with Gasteiger partial charge in [0, 0.05) is 23.4 Å². The van der Waals surface area contributed by atoms with Gasteiger partial charge in [-0.3, -0.25) is 4.98 Å². The van der Waals surface area contributed by atoms with E-state index in [4.69, 9.17) is 0 Å². The van der Waals surface area contributed by atoms with Crippen LogP contribution in [-0.2, 0) is 6.54 Å². The molecule has 0 aliphatic heterocycles. The minimum Gasteiger partial charge on any atom is -0.366 e. The molecule has 0 aromatic carbocycles. The van der Waals surface area contributed by atoms with Crippen LogP contribution in [0.3, 0.4) is 0 Å². The van der Waals surface area contributed by atoms with Crippen LogP contribution in [0.1, 0.15) is 11.3 Å². The lowest BCUT2D eigenvalue weighted by Gasteiger charge is -2.06. The third-order valence-corrected chi connectivity index (χ3v) is 3.06. The molecule has 1 N–H and O–H groups in total. The SMILES string of the molecule is Cc1nc(NCc2cccnc2)ccc1Br. The Morgan fingerprint density at radius 1 is 1.31 bits per heavy atom. The Labute approximate surface area is 103 Å². The first-order valence-corrected chi connectivity index (χ1v) is 5.81. The van der Waals surface area contributed by atoms with Crippen molar-refractivity contribution in [2.75, 3.05) is 5.32 Å². The smallest absolute Gasteiger partial charge is 0.126 e.